The lowest BCUT2D eigenvalue weighted by molar-refractivity contribution is -0.115. The van der Waals surface area contributed by atoms with Gasteiger partial charge in [-0.25, -0.2) is 13.1 Å². The van der Waals surface area contributed by atoms with Gasteiger partial charge >= 0.3 is 0 Å². The third-order valence-corrected chi connectivity index (χ3v) is 5.89. The maximum atomic E-state index is 12.7. The average molecular weight is 425 g/mol. The van der Waals surface area contributed by atoms with Crippen LogP contribution in [0.5, 0.6) is 0 Å². The summed E-state index contributed by atoms with van der Waals surface area (Å²) in [6, 6.07) is 12.9. The van der Waals surface area contributed by atoms with Gasteiger partial charge in [0, 0.05) is 24.4 Å². The predicted octanol–water partition coefficient (Wildman–Crippen LogP) is 2.43. The Hall–Kier alpha value is -3.66. The Morgan fingerprint density at radius 2 is 1.87 bits per heavy atom. The summed E-state index contributed by atoms with van der Waals surface area (Å²) in [5.41, 5.74) is 3.05. The largest absolute Gasteiger partial charge is 0.326 e. The van der Waals surface area contributed by atoms with Gasteiger partial charge in [0.05, 0.1) is 22.7 Å². The molecule has 0 spiro atoms. The van der Waals surface area contributed by atoms with Gasteiger partial charge in [-0.3, -0.25) is 14.3 Å². The molecule has 0 atom stereocenters. The number of sulfonamides is 1. The van der Waals surface area contributed by atoms with Crippen LogP contribution in [-0.2, 0) is 26.0 Å². The van der Waals surface area contributed by atoms with Gasteiger partial charge in [-0.1, -0.05) is 0 Å². The van der Waals surface area contributed by atoms with E-state index in [1.54, 1.807) is 41.1 Å². The van der Waals surface area contributed by atoms with Gasteiger partial charge in [-0.2, -0.15) is 5.10 Å². The molecule has 0 bridgehead atoms. The number of rotatable bonds is 5. The van der Waals surface area contributed by atoms with E-state index in [0.717, 1.165) is 5.69 Å². The van der Waals surface area contributed by atoms with E-state index in [1.165, 1.54) is 19.1 Å². The standard InChI is InChI=1S/C20H19N5O4S/c1-12-9-19(21-13(2)26)25(23-12)16-5-3-15(4-6-16)24-30(28,29)17-7-8-18-14(10-17)11-20(27)22-18/h3-10,24H,11H2,1-2H3,(H,21,26)(H,22,27). The highest BCUT2D eigenvalue weighted by Gasteiger charge is 2.22. The third kappa shape index (κ3) is 3.90. The Kier molecular flexibility index (Phi) is 4.78. The molecule has 1 aromatic heterocycles. The average Bonchev–Trinajstić information content (AvgIpc) is 3.22. The molecule has 2 heterocycles. The Bertz CT molecular complexity index is 1260. The van der Waals surface area contributed by atoms with Crippen molar-refractivity contribution in [3.05, 3.63) is 59.8 Å². The van der Waals surface area contributed by atoms with Gasteiger partial charge in [0.2, 0.25) is 11.8 Å². The molecule has 3 N–H and O–H groups in total. The van der Waals surface area contributed by atoms with E-state index in [-0.39, 0.29) is 23.1 Å². The molecule has 0 aliphatic carbocycles. The fourth-order valence-electron chi connectivity index (χ4n) is 3.22. The molecule has 0 saturated heterocycles. The minimum Gasteiger partial charge on any atom is -0.326 e. The first kappa shape index (κ1) is 19.6. The predicted molar refractivity (Wildman–Crippen MR) is 112 cm³/mol. The van der Waals surface area contributed by atoms with Crippen molar-refractivity contribution in [3.8, 4) is 5.69 Å². The SMILES string of the molecule is CC(=O)Nc1cc(C)nn1-c1ccc(NS(=O)(=O)c2ccc3c(c2)CC(=O)N3)cc1. The zero-order chi connectivity index (χ0) is 21.5. The maximum absolute atomic E-state index is 12.7. The molecule has 30 heavy (non-hydrogen) atoms. The van der Waals surface area contributed by atoms with Crippen LogP contribution in [0.2, 0.25) is 0 Å². The summed E-state index contributed by atoms with van der Waals surface area (Å²) in [5, 5.41) is 9.74. The van der Waals surface area contributed by atoms with E-state index in [1.807, 2.05) is 6.92 Å². The fraction of sp³-hybridized carbons (Fsp3) is 0.150. The van der Waals surface area contributed by atoms with Crippen LogP contribution in [0.4, 0.5) is 17.2 Å². The van der Waals surface area contributed by atoms with Crippen LogP contribution >= 0.6 is 0 Å². The van der Waals surface area contributed by atoms with E-state index in [0.29, 0.717) is 28.4 Å². The molecule has 1 aliphatic heterocycles. The Balaban J connectivity index is 1.56. The summed E-state index contributed by atoms with van der Waals surface area (Å²) >= 11 is 0. The first-order chi connectivity index (χ1) is 14.2. The fourth-order valence-corrected chi connectivity index (χ4v) is 4.33. The highest BCUT2D eigenvalue weighted by Crippen LogP contribution is 2.27. The first-order valence-corrected chi connectivity index (χ1v) is 10.6. The Labute approximate surface area is 173 Å². The molecule has 3 aromatic rings. The Morgan fingerprint density at radius 1 is 1.13 bits per heavy atom. The summed E-state index contributed by atoms with van der Waals surface area (Å²) in [4.78, 5) is 22.9. The zero-order valence-electron chi connectivity index (χ0n) is 16.3. The number of anilines is 3. The van der Waals surface area contributed by atoms with Crippen molar-refractivity contribution in [2.45, 2.75) is 25.2 Å². The van der Waals surface area contributed by atoms with Crippen LogP contribution < -0.4 is 15.4 Å². The molecular formula is C20H19N5O4S. The molecule has 0 unspecified atom stereocenters. The quantitative estimate of drug-likeness (QED) is 0.580. The lowest BCUT2D eigenvalue weighted by Gasteiger charge is -2.11. The molecule has 2 amide bonds. The molecule has 0 radical (unpaired) electrons. The van der Waals surface area contributed by atoms with E-state index in [4.69, 9.17) is 0 Å². The van der Waals surface area contributed by atoms with Gasteiger partial charge in [0.1, 0.15) is 5.82 Å². The van der Waals surface area contributed by atoms with Crippen molar-refractivity contribution in [2.75, 3.05) is 15.4 Å². The summed E-state index contributed by atoms with van der Waals surface area (Å²) in [5.74, 6) is 0.150. The van der Waals surface area contributed by atoms with Crippen LogP contribution in [0, 0.1) is 6.92 Å². The van der Waals surface area contributed by atoms with Gasteiger partial charge in [0.15, 0.2) is 0 Å². The number of fused-ring (bicyclic) bond motifs is 1. The number of carbonyl (C=O) groups excluding carboxylic acids is 2. The lowest BCUT2D eigenvalue weighted by Crippen LogP contribution is -2.13. The topological polar surface area (TPSA) is 122 Å². The van der Waals surface area contributed by atoms with Gasteiger partial charge < -0.3 is 10.6 Å². The van der Waals surface area contributed by atoms with Crippen molar-refractivity contribution >= 4 is 39.0 Å². The molecule has 10 heteroatoms. The Morgan fingerprint density at radius 3 is 2.57 bits per heavy atom. The van der Waals surface area contributed by atoms with Crippen LogP contribution in [0.3, 0.4) is 0 Å². The minimum atomic E-state index is -3.82. The van der Waals surface area contributed by atoms with Crippen molar-refractivity contribution in [2.24, 2.45) is 0 Å². The van der Waals surface area contributed by atoms with E-state index >= 15 is 0 Å². The van der Waals surface area contributed by atoms with Crippen LogP contribution in [0.25, 0.3) is 5.69 Å². The molecule has 1 aliphatic rings. The second-order valence-electron chi connectivity index (χ2n) is 6.96. The highest BCUT2D eigenvalue weighted by atomic mass is 32.2. The monoisotopic (exact) mass is 425 g/mol. The van der Waals surface area contributed by atoms with Crippen molar-refractivity contribution in [3.63, 3.8) is 0 Å². The van der Waals surface area contributed by atoms with Gasteiger partial charge in [-0.05, 0) is 55.0 Å². The first-order valence-electron chi connectivity index (χ1n) is 9.11. The lowest BCUT2D eigenvalue weighted by atomic mass is 10.2. The molecular weight excluding hydrogens is 406 g/mol. The molecule has 0 fully saturated rings. The number of benzene rings is 2. The smallest absolute Gasteiger partial charge is 0.261 e. The number of aromatic nitrogens is 2. The van der Waals surface area contributed by atoms with Crippen LogP contribution in [-0.4, -0.2) is 30.0 Å². The number of hydrogen-bond acceptors (Lipinski definition) is 5. The number of amides is 2. The summed E-state index contributed by atoms with van der Waals surface area (Å²) in [6.07, 6.45) is 0.160. The maximum Gasteiger partial charge on any atom is 0.261 e. The third-order valence-electron chi connectivity index (χ3n) is 4.51. The second-order valence-corrected chi connectivity index (χ2v) is 8.64. The second kappa shape index (κ2) is 7.30. The van der Waals surface area contributed by atoms with Crippen molar-refractivity contribution in [1.29, 1.82) is 0 Å². The van der Waals surface area contributed by atoms with E-state index in [2.05, 4.69) is 20.5 Å². The minimum absolute atomic E-state index is 0.0810. The normalized spacial score (nSPS) is 12.9. The summed E-state index contributed by atoms with van der Waals surface area (Å²) < 4.78 is 29.6. The van der Waals surface area contributed by atoms with Crippen molar-refractivity contribution in [1.82, 2.24) is 9.78 Å². The van der Waals surface area contributed by atoms with Crippen molar-refractivity contribution < 1.29 is 18.0 Å². The summed E-state index contributed by atoms with van der Waals surface area (Å²) in [7, 11) is -3.82. The number of nitrogens with zero attached hydrogens (tertiary/aromatic N) is 2. The van der Waals surface area contributed by atoms with Gasteiger partial charge in [-0.15, -0.1) is 0 Å². The number of carbonyl (C=O) groups is 2. The highest BCUT2D eigenvalue weighted by molar-refractivity contribution is 7.92. The molecule has 9 nitrogen and oxygen atoms in total. The number of nitrogens with one attached hydrogen (secondary N) is 3. The van der Waals surface area contributed by atoms with Crippen LogP contribution in [0.15, 0.2) is 53.4 Å². The van der Waals surface area contributed by atoms with Crippen LogP contribution in [0.1, 0.15) is 18.2 Å². The number of hydrogen-bond donors (Lipinski definition) is 3. The summed E-state index contributed by atoms with van der Waals surface area (Å²) in [6.45, 7) is 3.22. The molecule has 0 saturated carbocycles. The molecule has 2 aromatic carbocycles. The van der Waals surface area contributed by atoms with Gasteiger partial charge in [0.25, 0.3) is 10.0 Å². The van der Waals surface area contributed by atoms with E-state index in [9.17, 15) is 18.0 Å². The zero-order valence-corrected chi connectivity index (χ0v) is 17.1. The number of aryl methyl sites for hydroxylation is 1. The molecule has 154 valence electrons. The van der Waals surface area contributed by atoms with E-state index < -0.39 is 10.0 Å². The molecule has 4 rings (SSSR count).